The number of hydrogen-bond donors (Lipinski definition) is 0. The molecule has 0 aliphatic rings. The number of rotatable bonds is 15. The van der Waals surface area contributed by atoms with Crippen LogP contribution in [0.3, 0.4) is 0 Å². The van der Waals surface area contributed by atoms with Crippen LogP contribution < -0.4 is 23.7 Å². The Hall–Kier alpha value is -12.7. The Kier molecular flexibility index (Phi) is 24.6. The van der Waals surface area contributed by atoms with Gasteiger partial charge < -0.3 is 23.7 Å². The molecule has 5 nitrogen and oxygen atoms in total. The average molecular weight is 1300 g/mol. The fraction of sp³-hybridized carbons (Fsp3) is 0.0526. The summed E-state index contributed by atoms with van der Waals surface area (Å²) in [6.45, 7) is 10.4. The van der Waals surface area contributed by atoms with Gasteiger partial charge in [0.15, 0.2) is 0 Å². The number of aryl methyl sites for hydroxylation is 4. The van der Waals surface area contributed by atoms with E-state index in [1.807, 2.05) is 218 Å². The molecule has 490 valence electrons. The third-order valence-corrected chi connectivity index (χ3v) is 16.3. The first kappa shape index (κ1) is 68.7. The van der Waals surface area contributed by atoms with Crippen LogP contribution in [0.25, 0.3) is 55.6 Å². The fourth-order valence-electron chi connectivity index (χ4n) is 11.1. The highest BCUT2D eigenvalue weighted by atomic mass is 16.5. The SMILES string of the molecule is Cc1c(Oc2ccccc2)cccc1-c1ccccc1.Cc1cc(-c2ccccc2)ccc1Oc1ccccc1.Cc1cc(Oc2ccccc2)cc(-c2ccccc2)c1.Cc1cc(Oc2ccccc2)ccc1-c1ccccc1.Cc1ccc(-c2ccccc2)cc1Oc1ccccc1. The quantitative estimate of drug-likeness (QED) is 0.102. The molecule has 5 heteroatoms. The summed E-state index contributed by atoms with van der Waals surface area (Å²) in [6, 6.07) is 132. The van der Waals surface area contributed by atoms with Crippen LogP contribution in [0, 0.1) is 34.6 Å². The second-order valence-corrected chi connectivity index (χ2v) is 23.8. The third-order valence-electron chi connectivity index (χ3n) is 16.3. The molecule has 0 radical (unpaired) electrons. The smallest absolute Gasteiger partial charge is 0.130 e. The lowest BCUT2D eigenvalue weighted by Crippen LogP contribution is -1.90. The lowest BCUT2D eigenvalue weighted by molar-refractivity contribution is 0.479. The minimum Gasteiger partial charge on any atom is -0.457 e. The number of para-hydroxylation sites is 5. The topological polar surface area (TPSA) is 46.2 Å². The molecule has 0 unspecified atom stereocenters. The summed E-state index contributed by atoms with van der Waals surface area (Å²) in [6.07, 6.45) is 0. The maximum atomic E-state index is 5.97. The first-order chi connectivity index (χ1) is 49.1. The van der Waals surface area contributed by atoms with Gasteiger partial charge in [0.05, 0.1) is 0 Å². The highest BCUT2D eigenvalue weighted by molar-refractivity contribution is 5.72. The van der Waals surface area contributed by atoms with Crippen molar-refractivity contribution in [2.45, 2.75) is 34.6 Å². The minimum absolute atomic E-state index is 0.858. The van der Waals surface area contributed by atoms with Crippen molar-refractivity contribution in [3.05, 3.63) is 422 Å². The Balaban J connectivity index is 0.000000126. The first-order valence-electron chi connectivity index (χ1n) is 33.6. The molecule has 0 aliphatic heterocycles. The number of hydrogen-bond acceptors (Lipinski definition) is 5. The maximum Gasteiger partial charge on any atom is 0.130 e. The molecule has 0 aromatic heterocycles. The van der Waals surface area contributed by atoms with Crippen molar-refractivity contribution >= 4 is 0 Å². The van der Waals surface area contributed by atoms with Gasteiger partial charge in [-0.25, -0.2) is 0 Å². The highest BCUT2D eigenvalue weighted by Crippen LogP contribution is 2.36. The molecule has 0 N–H and O–H groups in total. The molecular weight excluding hydrogens is 1220 g/mol. The van der Waals surface area contributed by atoms with Crippen LogP contribution in [-0.2, 0) is 0 Å². The van der Waals surface area contributed by atoms with Gasteiger partial charge in [-0.1, -0.05) is 285 Å². The summed E-state index contributed by atoms with van der Waals surface area (Å²) in [5, 5.41) is 0. The summed E-state index contributed by atoms with van der Waals surface area (Å²) >= 11 is 0. The van der Waals surface area contributed by atoms with Crippen LogP contribution >= 0.6 is 0 Å². The zero-order valence-corrected chi connectivity index (χ0v) is 57.1. The van der Waals surface area contributed by atoms with Crippen molar-refractivity contribution in [2.24, 2.45) is 0 Å². The highest BCUT2D eigenvalue weighted by Gasteiger charge is 2.11. The molecule has 0 aliphatic carbocycles. The molecular formula is C95H80O5. The Morgan fingerprint density at radius 3 is 0.980 bits per heavy atom. The van der Waals surface area contributed by atoms with Crippen LogP contribution in [0.5, 0.6) is 57.5 Å². The molecule has 15 aromatic carbocycles. The van der Waals surface area contributed by atoms with E-state index in [-0.39, 0.29) is 0 Å². The van der Waals surface area contributed by atoms with Crippen molar-refractivity contribution in [1.82, 2.24) is 0 Å². The molecule has 0 fully saturated rings. The number of ether oxygens (including phenoxy) is 5. The van der Waals surface area contributed by atoms with E-state index in [1.165, 1.54) is 66.8 Å². The van der Waals surface area contributed by atoms with Crippen molar-refractivity contribution in [3.8, 4) is 113 Å². The van der Waals surface area contributed by atoms with Gasteiger partial charge in [0.2, 0.25) is 0 Å². The molecule has 0 heterocycles. The van der Waals surface area contributed by atoms with Crippen LogP contribution in [0.15, 0.2) is 394 Å². The molecule has 0 saturated heterocycles. The number of benzene rings is 15. The average Bonchev–Trinajstić information content (AvgIpc) is 0.881. The van der Waals surface area contributed by atoms with E-state index >= 15 is 0 Å². The Labute approximate surface area is 590 Å². The van der Waals surface area contributed by atoms with E-state index < -0.39 is 0 Å². The van der Waals surface area contributed by atoms with Crippen LogP contribution in [0.1, 0.15) is 27.8 Å². The summed E-state index contributed by atoms with van der Waals surface area (Å²) in [5.41, 5.74) is 17.9. The zero-order chi connectivity index (χ0) is 68.9. The first-order valence-corrected chi connectivity index (χ1v) is 33.6. The second kappa shape index (κ2) is 35.9. The van der Waals surface area contributed by atoms with Crippen molar-refractivity contribution < 1.29 is 23.7 Å². The summed E-state index contributed by atoms with van der Waals surface area (Å²) in [5.74, 6) is 8.75. The van der Waals surface area contributed by atoms with Gasteiger partial charge in [-0.15, -0.1) is 0 Å². The maximum absolute atomic E-state index is 5.97. The molecule has 0 spiro atoms. The van der Waals surface area contributed by atoms with Crippen molar-refractivity contribution in [1.29, 1.82) is 0 Å². The zero-order valence-electron chi connectivity index (χ0n) is 57.1. The Morgan fingerprint density at radius 1 is 0.160 bits per heavy atom. The van der Waals surface area contributed by atoms with E-state index in [2.05, 4.69) is 211 Å². The van der Waals surface area contributed by atoms with Crippen LogP contribution in [-0.4, -0.2) is 0 Å². The van der Waals surface area contributed by atoms with E-state index in [1.54, 1.807) is 0 Å². The fourth-order valence-corrected chi connectivity index (χ4v) is 11.1. The normalized spacial score (nSPS) is 10.2. The van der Waals surface area contributed by atoms with Crippen LogP contribution in [0.4, 0.5) is 0 Å². The second-order valence-electron chi connectivity index (χ2n) is 23.8. The molecule has 15 rings (SSSR count). The summed E-state index contributed by atoms with van der Waals surface area (Å²) < 4.78 is 29.6. The monoisotopic (exact) mass is 1300 g/mol. The summed E-state index contributed by atoms with van der Waals surface area (Å²) in [7, 11) is 0. The lowest BCUT2D eigenvalue weighted by Gasteiger charge is -2.12. The Bertz CT molecular complexity index is 4870. The summed E-state index contributed by atoms with van der Waals surface area (Å²) in [4.78, 5) is 0. The van der Waals surface area contributed by atoms with Gasteiger partial charge in [0.25, 0.3) is 0 Å². The molecule has 100 heavy (non-hydrogen) atoms. The lowest BCUT2D eigenvalue weighted by atomic mass is 10.00. The van der Waals surface area contributed by atoms with Crippen molar-refractivity contribution in [2.75, 3.05) is 0 Å². The third kappa shape index (κ3) is 20.4. The largest absolute Gasteiger partial charge is 0.457 e. The van der Waals surface area contributed by atoms with Gasteiger partial charge in [-0.2, -0.15) is 0 Å². The molecule has 0 atom stereocenters. The van der Waals surface area contributed by atoms with Crippen molar-refractivity contribution in [3.63, 3.8) is 0 Å². The van der Waals surface area contributed by atoms with E-state index in [0.29, 0.717) is 0 Å². The van der Waals surface area contributed by atoms with E-state index in [0.717, 1.165) is 74.2 Å². The van der Waals surface area contributed by atoms with Gasteiger partial charge in [-0.3, -0.25) is 0 Å². The minimum atomic E-state index is 0.858. The molecule has 0 amide bonds. The predicted molar refractivity (Wildman–Crippen MR) is 416 cm³/mol. The molecule has 0 saturated carbocycles. The molecule has 0 bridgehead atoms. The van der Waals surface area contributed by atoms with Gasteiger partial charge in [0, 0.05) is 0 Å². The van der Waals surface area contributed by atoms with Gasteiger partial charge >= 0.3 is 0 Å². The van der Waals surface area contributed by atoms with E-state index in [4.69, 9.17) is 23.7 Å². The van der Waals surface area contributed by atoms with E-state index in [9.17, 15) is 0 Å². The van der Waals surface area contributed by atoms with Gasteiger partial charge in [0.1, 0.15) is 57.5 Å². The molecule has 15 aromatic rings. The standard InChI is InChI=1S/5C19H16O/c1-15-18(16-9-4-2-5-10-16)13-8-14-19(15)20-17-11-6-3-7-12-17;1-15-12-17(16-8-4-2-5-9-16)14-19(13-15)20-18-10-6-3-7-11-18;1-15-14-17(16-8-4-2-5-9-16)12-13-19(15)20-18-10-6-3-7-11-18;1-15-14-18(20-17-10-6-3-7-11-17)12-13-19(15)16-8-4-2-5-9-16;1-15-12-13-17(16-8-4-2-5-9-16)14-19(15)20-18-10-6-3-7-11-18/h5*2-14H,1H3. The van der Waals surface area contributed by atoms with Gasteiger partial charge in [-0.05, 0) is 227 Å². The Morgan fingerprint density at radius 2 is 0.530 bits per heavy atom. The predicted octanol–water partition coefficient (Wildman–Crippen LogP) is 27.3. The van der Waals surface area contributed by atoms with Crippen LogP contribution in [0.2, 0.25) is 0 Å².